The summed E-state index contributed by atoms with van der Waals surface area (Å²) in [6.07, 6.45) is 5.24. The van der Waals surface area contributed by atoms with Crippen LogP contribution in [0.4, 0.5) is 5.69 Å². The van der Waals surface area contributed by atoms with Gasteiger partial charge in [0.1, 0.15) is 12.4 Å². The Kier molecular flexibility index (Phi) is 9.97. The number of aromatic nitrogens is 2. The van der Waals surface area contributed by atoms with Crippen molar-refractivity contribution < 1.29 is 19.0 Å². The summed E-state index contributed by atoms with van der Waals surface area (Å²) in [5, 5.41) is 5.14. The molecule has 1 atom stereocenters. The van der Waals surface area contributed by atoms with E-state index in [9.17, 15) is 4.79 Å². The molecule has 1 aliphatic rings. The van der Waals surface area contributed by atoms with Crippen LogP contribution in [-0.2, 0) is 20.7 Å². The number of hydrogen-bond donors (Lipinski definition) is 2. The SMILES string of the molecule is COCCOC.O=CN1CCc2c([nH]c3ccc(Cl)cc23)C1c1ccc(OCCNc2ccncc2)cc1. The number of amides is 1. The number of rotatable bonds is 10. The maximum Gasteiger partial charge on any atom is 0.210 e. The first kappa shape index (κ1) is 27.4. The molecule has 200 valence electrons. The highest BCUT2D eigenvalue weighted by Gasteiger charge is 2.31. The number of H-pyrrole nitrogens is 1. The fraction of sp³-hybridized carbons (Fsp3) is 0.310. The molecule has 0 spiro atoms. The summed E-state index contributed by atoms with van der Waals surface area (Å²) in [6.45, 7) is 3.28. The average Bonchev–Trinajstić information content (AvgIpc) is 3.32. The molecule has 0 saturated carbocycles. The second-order valence-electron chi connectivity index (χ2n) is 8.77. The summed E-state index contributed by atoms with van der Waals surface area (Å²) in [5.74, 6) is 0.794. The number of nitrogens with one attached hydrogen (secondary N) is 2. The number of nitrogens with zero attached hydrogens (tertiary/aromatic N) is 2. The normalized spacial score (nSPS) is 14.4. The van der Waals surface area contributed by atoms with Gasteiger partial charge in [0.2, 0.25) is 6.41 Å². The predicted octanol–water partition coefficient (Wildman–Crippen LogP) is 5.09. The molecule has 2 aromatic heterocycles. The number of carbonyl (C=O) groups is 1. The Labute approximate surface area is 227 Å². The summed E-state index contributed by atoms with van der Waals surface area (Å²) >= 11 is 6.23. The maximum absolute atomic E-state index is 11.8. The van der Waals surface area contributed by atoms with Crippen molar-refractivity contribution in [3.05, 3.63) is 88.8 Å². The average molecular weight is 537 g/mol. The van der Waals surface area contributed by atoms with E-state index in [0.717, 1.165) is 46.4 Å². The first-order chi connectivity index (χ1) is 18.6. The second kappa shape index (κ2) is 13.8. The van der Waals surface area contributed by atoms with Gasteiger partial charge in [0.05, 0.1) is 19.3 Å². The van der Waals surface area contributed by atoms with Crippen molar-refractivity contribution in [3.63, 3.8) is 0 Å². The molecule has 0 fully saturated rings. The van der Waals surface area contributed by atoms with E-state index in [2.05, 4.69) is 24.8 Å². The number of halogens is 1. The fourth-order valence-electron chi connectivity index (χ4n) is 4.50. The van der Waals surface area contributed by atoms with E-state index in [1.165, 1.54) is 5.56 Å². The monoisotopic (exact) mass is 536 g/mol. The first-order valence-electron chi connectivity index (χ1n) is 12.5. The molecule has 5 rings (SSSR count). The van der Waals surface area contributed by atoms with Crippen molar-refractivity contribution in [2.75, 3.05) is 52.4 Å². The molecule has 0 bridgehead atoms. The van der Waals surface area contributed by atoms with Gasteiger partial charge in [-0.25, -0.2) is 0 Å². The lowest BCUT2D eigenvalue weighted by atomic mass is 9.93. The number of benzene rings is 2. The van der Waals surface area contributed by atoms with Gasteiger partial charge in [0, 0.05) is 67.0 Å². The summed E-state index contributed by atoms with van der Waals surface area (Å²) < 4.78 is 15.2. The van der Waals surface area contributed by atoms with E-state index < -0.39 is 0 Å². The Morgan fingerprint density at radius 1 is 1.05 bits per heavy atom. The Bertz CT molecular complexity index is 1290. The highest BCUT2D eigenvalue weighted by atomic mass is 35.5. The van der Waals surface area contributed by atoms with E-state index in [4.69, 9.17) is 16.3 Å². The second-order valence-corrected chi connectivity index (χ2v) is 9.21. The van der Waals surface area contributed by atoms with E-state index in [-0.39, 0.29) is 6.04 Å². The number of carbonyl (C=O) groups excluding carboxylic acids is 1. The van der Waals surface area contributed by atoms with Crippen LogP contribution in [0.15, 0.2) is 67.0 Å². The number of pyridine rings is 1. The number of anilines is 1. The molecule has 2 aromatic carbocycles. The topological polar surface area (TPSA) is 88.7 Å². The molecule has 1 aliphatic heterocycles. The molecule has 0 aliphatic carbocycles. The van der Waals surface area contributed by atoms with E-state index >= 15 is 0 Å². The van der Waals surface area contributed by atoms with Crippen LogP contribution in [0, 0.1) is 0 Å². The van der Waals surface area contributed by atoms with Gasteiger partial charge in [-0.2, -0.15) is 0 Å². The zero-order valence-electron chi connectivity index (χ0n) is 21.7. The van der Waals surface area contributed by atoms with Crippen LogP contribution in [0.25, 0.3) is 10.9 Å². The third-order valence-corrected chi connectivity index (χ3v) is 6.56. The molecular formula is C29H33ClN4O4. The lowest BCUT2D eigenvalue weighted by Gasteiger charge is -2.33. The van der Waals surface area contributed by atoms with Crippen LogP contribution >= 0.6 is 11.6 Å². The lowest BCUT2D eigenvalue weighted by molar-refractivity contribution is -0.120. The summed E-state index contributed by atoms with van der Waals surface area (Å²) in [6, 6.07) is 17.5. The minimum Gasteiger partial charge on any atom is -0.492 e. The number of fused-ring (bicyclic) bond motifs is 3. The Hall–Kier alpha value is -3.59. The molecule has 4 aromatic rings. The molecule has 9 heteroatoms. The van der Waals surface area contributed by atoms with Crippen molar-refractivity contribution in [2.45, 2.75) is 12.5 Å². The highest BCUT2D eigenvalue weighted by Crippen LogP contribution is 2.38. The number of methoxy groups -OCH3 is 2. The van der Waals surface area contributed by atoms with Gasteiger partial charge >= 0.3 is 0 Å². The fourth-order valence-corrected chi connectivity index (χ4v) is 4.67. The van der Waals surface area contributed by atoms with Gasteiger partial charge < -0.3 is 29.4 Å². The van der Waals surface area contributed by atoms with Crippen molar-refractivity contribution in [3.8, 4) is 5.75 Å². The first-order valence-corrected chi connectivity index (χ1v) is 12.9. The van der Waals surface area contributed by atoms with Crippen molar-refractivity contribution >= 4 is 34.6 Å². The molecule has 1 unspecified atom stereocenters. The van der Waals surface area contributed by atoms with E-state index in [0.29, 0.717) is 37.9 Å². The number of aromatic amines is 1. The minimum absolute atomic E-state index is 0.162. The molecule has 8 nitrogen and oxygen atoms in total. The molecule has 2 N–H and O–H groups in total. The van der Waals surface area contributed by atoms with Crippen LogP contribution < -0.4 is 10.1 Å². The van der Waals surface area contributed by atoms with Gasteiger partial charge in [0.25, 0.3) is 0 Å². The summed E-state index contributed by atoms with van der Waals surface area (Å²) in [5.41, 5.74) is 5.38. The maximum atomic E-state index is 11.8. The largest absolute Gasteiger partial charge is 0.492 e. The number of ether oxygens (including phenoxy) is 3. The number of hydrogen-bond acceptors (Lipinski definition) is 6. The van der Waals surface area contributed by atoms with Gasteiger partial charge in [-0.15, -0.1) is 0 Å². The third kappa shape index (κ3) is 6.83. The van der Waals surface area contributed by atoms with Crippen LogP contribution in [0.1, 0.15) is 22.9 Å². The van der Waals surface area contributed by atoms with Crippen LogP contribution in [0.2, 0.25) is 5.02 Å². The Balaban J connectivity index is 0.000000505. The van der Waals surface area contributed by atoms with Crippen LogP contribution in [0.3, 0.4) is 0 Å². The van der Waals surface area contributed by atoms with Crippen LogP contribution in [-0.4, -0.2) is 68.4 Å². The van der Waals surface area contributed by atoms with E-state index in [1.54, 1.807) is 26.6 Å². The molecule has 0 radical (unpaired) electrons. The van der Waals surface area contributed by atoms with Gasteiger partial charge in [-0.05, 0) is 60.0 Å². The van der Waals surface area contributed by atoms with Gasteiger partial charge in [0.15, 0.2) is 0 Å². The van der Waals surface area contributed by atoms with Crippen molar-refractivity contribution in [2.24, 2.45) is 0 Å². The third-order valence-electron chi connectivity index (χ3n) is 6.33. The van der Waals surface area contributed by atoms with Crippen molar-refractivity contribution in [1.29, 1.82) is 0 Å². The molecule has 1 amide bonds. The zero-order valence-corrected chi connectivity index (χ0v) is 22.4. The smallest absolute Gasteiger partial charge is 0.210 e. The molecule has 3 heterocycles. The lowest BCUT2D eigenvalue weighted by Crippen LogP contribution is -2.34. The minimum atomic E-state index is -0.162. The molecular weight excluding hydrogens is 504 g/mol. The molecule has 0 saturated heterocycles. The van der Waals surface area contributed by atoms with Crippen LogP contribution in [0.5, 0.6) is 5.75 Å². The quantitative estimate of drug-likeness (QED) is 0.217. The standard InChI is InChI=1S/C25H23ClN4O2.C4H10O2/c26-18-3-6-23-22(15-18)21-9-13-30(16-31)25(24(21)29-23)17-1-4-20(5-2-17)32-14-12-28-19-7-10-27-11-8-19;1-5-3-4-6-2/h1-8,10-11,15-16,25,29H,9,12-14H2,(H,27,28);3-4H2,1-2H3. The Morgan fingerprint density at radius 3 is 2.47 bits per heavy atom. The predicted molar refractivity (Wildman–Crippen MR) is 150 cm³/mol. The van der Waals surface area contributed by atoms with Gasteiger partial charge in [-0.1, -0.05) is 23.7 Å². The van der Waals surface area contributed by atoms with Gasteiger partial charge in [-0.3, -0.25) is 9.78 Å². The zero-order chi connectivity index (χ0) is 26.7. The summed E-state index contributed by atoms with van der Waals surface area (Å²) in [4.78, 5) is 21.2. The summed E-state index contributed by atoms with van der Waals surface area (Å²) in [7, 11) is 3.30. The Morgan fingerprint density at radius 2 is 1.79 bits per heavy atom. The molecule has 38 heavy (non-hydrogen) atoms. The highest BCUT2D eigenvalue weighted by molar-refractivity contribution is 6.31. The van der Waals surface area contributed by atoms with Crippen molar-refractivity contribution in [1.82, 2.24) is 14.9 Å². The van der Waals surface area contributed by atoms with E-state index in [1.807, 2.05) is 59.5 Å².